The molecule has 0 aromatic heterocycles. The minimum Gasteiger partial charge on any atom is -0.444 e. The molecule has 20 heavy (non-hydrogen) atoms. The van der Waals surface area contributed by atoms with Gasteiger partial charge in [-0.2, -0.15) is 5.90 Å². The van der Waals surface area contributed by atoms with Crippen LogP contribution in [0.2, 0.25) is 0 Å². The van der Waals surface area contributed by atoms with Gasteiger partial charge in [-0.05, 0) is 31.9 Å². The standard InChI is InChI=1S/C14H18N2O4/c1-14(2,3)19-13(18)16-8-9-6-4-5-7-10(9)11(16)12(17)20-15/h4-7,11H,8,15H2,1-3H3. The van der Waals surface area contributed by atoms with Crippen molar-refractivity contribution in [1.82, 2.24) is 4.90 Å². The quantitative estimate of drug-likeness (QED) is 0.793. The maximum absolute atomic E-state index is 12.2. The fourth-order valence-electron chi connectivity index (χ4n) is 2.20. The van der Waals surface area contributed by atoms with Gasteiger partial charge in [0.15, 0.2) is 6.04 Å². The van der Waals surface area contributed by atoms with Crippen LogP contribution in [0.4, 0.5) is 4.79 Å². The van der Waals surface area contributed by atoms with Crippen LogP contribution >= 0.6 is 0 Å². The van der Waals surface area contributed by atoms with Gasteiger partial charge < -0.3 is 9.57 Å². The first-order chi connectivity index (χ1) is 9.33. The summed E-state index contributed by atoms with van der Waals surface area (Å²) >= 11 is 0. The summed E-state index contributed by atoms with van der Waals surface area (Å²) in [7, 11) is 0. The zero-order valence-corrected chi connectivity index (χ0v) is 11.8. The van der Waals surface area contributed by atoms with Crippen molar-refractivity contribution in [3.63, 3.8) is 0 Å². The Morgan fingerprint density at radius 2 is 1.95 bits per heavy atom. The number of carbonyl (C=O) groups is 2. The number of carbonyl (C=O) groups excluding carboxylic acids is 2. The lowest BCUT2D eigenvalue weighted by Gasteiger charge is -2.27. The number of amides is 1. The van der Waals surface area contributed by atoms with E-state index in [9.17, 15) is 9.59 Å². The summed E-state index contributed by atoms with van der Waals surface area (Å²) in [5.41, 5.74) is 0.964. The minimum absolute atomic E-state index is 0.296. The van der Waals surface area contributed by atoms with Gasteiger partial charge in [-0.1, -0.05) is 24.3 Å². The molecule has 108 valence electrons. The molecule has 0 bridgehead atoms. The fourth-order valence-corrected chi connectivity index (χ4v) is 2.20. The van der Waals surface area contributed by atoms with Crippen molar-refractivity contribution >= 4 is 12.1 Å². The van der Waals surface area contributed by atoms with E-state index in [1.54, 1.807) is 32.9 Å². The van der Waals surface area contributed by atoms with Gasteiger partial charge in [0.05, 0.1) is 6.54 Å². The third-order valence-electron chi connectivity index (χ3n) is 2.97. The lowest BCUT2D eigenvalue weighted by Crippen LogP contribution is -2.39. The molecule has 1 heterocycles. The highest BCUT2D eigenvalue weighted by atomic mass is 16.7. The van der Waals surface area contributed by atoms with Crippen molar-refractivity contribution in [2.75, 3.05) is 0 Å². The molecule has 6 nitrogen and oxygen atoms in total. The number of rotatable bonds is 1. The van der Waals surface area contributed by atoms with Gasteiger partial charge in [0.1, 0.15) is 5.60 Å². The van der Waals surface area contributed by atoms with Crippen LogP contribution in [0.1, 0.15) is 37.9 Å². The molecule has 1 amide bonds. The van der Waals surface area contributed by atoms with Crippen LogP contribution in [0, 0.1) is 0 Å². The Kier molecular flexibility index (Phi) is 3.67. The third-order valence-corrected chi connectivity index (χ3v) is 2.97. The zero-order chi connectivity index (χ0) is 14.9. The summed E-state index contributed by atoms with van der Waals surface area (Å²) in [5, 5.41) is 0. The Labute approximate surface area is 117 Å². The maximum Gasteiger partial charge on any atom is 0.411 e. The number of benzene rings is 1. The topological polar surface area (TPSA) is 81.9 Å². The van der Waals surface area contributed by atoms with E-state index in [-0.39, 0.29) is 0 Å². The largest absolute Gasteiger partial charge is 0.444 e. The normalized spacial score (nSPS) is 17.6. The molecule has 1 atom stereocenters. The number of nitrogens with two attached hydrogens (primary N) is 1. The van der Waals surface area contributed by atoms with E-state index in [4.69, 9.17) is 10.6 Å². The lowest BCUT2D eigenvalue weighted by molar-refractivity contribution is -0.150. The summed E-state index contributed by atoms with van der Waals surface area (Å²) in [4.78, 5) is 29.7. The highest BCUT2D eigenvalue weighted by Crippen LogP contribution is 2.35. The first-order valence-electron chi connectivity index (χ1n) is 6.31. The highest BCUT2D eigenvalue weighted by molar-refractivity contribution is 5.84. The molecule has 1 aromatic carbocycles. The molecule has 0 saturated carbocycles. The van der Waals surface area contributed by atoms with Crippen molar-refractivity contribution in [2.24, 2.45) is 5.90 Å². The van der Waals surface area contributed by atoms with Crippen LogP contribution in [0.3, 0.4) is 0 Å². The molecule has 2 rings (SSSR count). The van der Waals surface area contributed by atoms with Crippen LogP contribution in [0.25, 0.3) is 0 Å². The van der Waals surface area contributed by atoms with Gasteiger partial charge in [0, 0.05) is 0 Å². The van der Waals surface area contributed by atoms with Gasteiger partial charge in [0.2, 0.25) is 0 Å². The molecule has 6 heteroatoms. The average Bonchev–Trinajstić information content (AvgIpc) is 2.75. The number of hydrogen-bond acceptors (Lipinski definition) is 5. The molecule has 1 aromatic rings. The molecule has 2 N–H and O–H groups in total. The van der Waals surface area contributed by atoms with Crippen molar-refractivity contribution in [2.45, 2.75) is 39.0 Å². The summed E-state index contributed by atoms with van der Waals surface area (Å²) in [6, 6.07) is 6.43. The van der Waals surface area contributed by atoms with Gasteiger partial charge in [-0.15, -0.1) is 0 Å². The molecule has 1 aliphatic rings. The van der Waals surface area contributed by atoms with E-state index in [0.29, 0.717) is 12.1 Å². The van der Waals surface area contributed by atoms with E-state index >= 15 is 0 Å². The van der Waals surface area contributed by atoms with Gasteiger partial charge in [0.25, 0.3) is 0 Å². The van der Waals surface area contributed by atoms with Crippen LogP contribution in [0.5, 0.6) is 0 Å². The average molecular weight is 278 g/mol. The molecule has 0 saturated heterocycles. The predicted octanol–water partition coefficient (Wildman–Crippen LogP) is 1.90. The molecular weight excluding hydrogens is 260 g/mol. The lowest BCUT2D eigenvalue weighted by atomic mass is 10.1. The summed E-state index contributed by atoms with van der Waals surface area (Å²) < 4.78 is 5.32. The van der Waals surface area contributed by atoms with Crippen LogP contribution < -0.4 is 5.90 Å². The summed E-state index contributed by atoms with van der Waals surface area (Å²) in [5.74, 6) is 4.29. The number of ether oxygens (including phenoxy) is 1. The van der Waals surface area contributed by atoms with E-state index in [2.05, 4.69) is 4.84 Å². The van der Waals surface area contributed by atoms with Gasteiger partial charge in [-0.25, -0.2) is 9.59 Å². The molecule has 0 radical (unpaired) electrons. The van der Waals surface area contributed by atoms with Crippen LogP contribution in [0.15, 0.2) is 24.3 Å². The second-order valence-corrected chi connectivity index (χ2v) is 5.65. The Balaban J connectivity index is 2.31. The fraction of sp³-hybridized carbons (Fsp3) is 0.429. The smallest absolute Gasteiger partial charge is 0.411 e. The van der Waals surface area contributed by atoms with E-state index in [1.807, 2.05) is 12.1 Å². The van der Waals surface area contributed by atoms with E-state index in [0.717, 1.165) is 5.56 Å². The zero-order valence-electron chi connectivity index (χ0n) is 11.8. The Morgan fingerprint density at radius 3 is 2.55 bits per heavy atom. The monoisotopic (exact) mass is 278 g/mol. The van der Waals surface area contributed by atoms with Crippen LogP contribution in [-0.4, -0.2) is 22.6 Å². The first-order valence-corrected chi connectivity index (χ1v) is 6.31. The predicted molar refractivity (Wildman–Crippen MR) is 71.2 cm³/mol. The van der Waals surface area contributed by atoms with Gasteiger partial charge >= 0.3 is 12.1 Å². The minimum atomic E-state index is -0.856. The molecule has 1 aliphatic heterocycles. The number of nitrogens with zero attached hydrogens (tertiary/aromatic N) is 1. The Morgan fingerprint density at radius 1 is 1.30 bits per heavy atom. The molecule has 0 fully saturated rings. The van der Waals surface area contributed by atoms with Gasteiger partial charge in [-0.3, -0.25) is 4.90 Å². The second-order valence-electron chi connectivity index (χ2n) is 5.65. The van der Waals surface area contributed by atoms with E-state index < -0.39 is 23.7 Å². The maximum atomic E-state index is 12.2. The highest BCUT2D eigenvalue weighted by Gasteiger charge is 2.41. The van der Waals surface area contributed by atoms with Crippen LogP contribution in [-0.2, 0) is 20.9 Å². The Bertz CT molecular complexity index is 536. The summed E-state index contributed by atoms with van der Waals surface area (Å²) in [6.07, 6.45) is -0.566. The Hall–Kier alpha value is -2.08. The van der Waals surface area contributed by atoms with Crippen molar-refractivity contribution in [3.8, 4) is 0 Å². The molecule has 0 aliphatic carbocycles. The van der Waals surface area contributed by atoms with Crippen molar-refractivity contribution in [3.05, 3.63) is 35.4 Å². The molecule has 1 unspecified atom stereocenters. The molecule has 0 spiro atoms. The second kappa shape index (κ2) is 5.13. The summed E-state index contributed by atoms with van der Waals surface area (Å²) in [6.45, 7) is 5.60. The van der Waals surface area contributed by atoms with E-state index in [1.165, 1.54) is 4.90 Å². The number of hydrogen-bond donors (Lipinski definition) is 1. The number of fused-ring (bicyclic) bond motifs is 1. The SMILES string of the molecule is CC(C)(C)OC(=O)N1Cc2ccccc2C1C(=O)ON. The third kappa shape index (κ3) is 2.75. The molecular formula is C14H18N2O4. The van der Waals surface area contributed by atoms with Crippen molar-refractivity contribution in [1.29, 1.82) is 0 Å². The first kappa shape index (κ1) is 14.3. The van der Waals surface area contributed by atoms with Crippen molar-refractivity contribution < 1.29 is 19.2 Å².